The van der Waals surface area contributed by atoms with Gasteiger partial charge in [0.25, 0.3) is 11.8 Å². The molecule has 3 N–H and O–H groups in total. The number of benzene rings is 3. The van der Waals surface area contributed by atoms with Crippen molar-refractivity contribution >= 4 is 47.2 Å². The van der Waals surface area contributed by atoms with Gasteiger partial charge < -0.3 is 20.6 Å². The highest BCUT2D eigenvalue weighted by atomic mass is 35.5. The third kappa shape index (κ3) is 7.89. The number of piperidine rings is 1. The van der Waals surface area contributed by atoms with Gasteiger partial charge in [-0.2, -0.15) is 0 Å². The fourth-order valence-electron chi connectivity index (χ4n) is 4.63. The summed E-state index contributed by atoms with van der Waals surface area (Å²) in [6, 6.07) is 17.5. The molecular weight excluding hydrogens is 521 g/mol. The summed E-state index contributed by atoms with van der Waals surface area (Å²) < 4.78 is 0. The number of aryl methyl sites for hydroxylation is 2. The molecule has 38 heavy (non-hydrogen) atoms. The number of carbonyl (C=O) groups excluding carboxylic acids is 2. The number of carbonyl (C=O) groups is 2. The van der Waals surface area contributed by atoms with E-state index in [1.807, 2.05) is 13.0 Å². The van der Waals surface area contributed by atoms with Crippen LogP contribution in [0.25, 0.3) is 0 Å². The van der Waals surface area contributed by atoms with Crippen LogP contribution >= 0.6 is 24.0 Å². The maximum atomic E-state index is 12.6. The van der Waals surface area contributed by atoms with Gasteiger partial charge in [-0.1, -0.05) is 17.7 Å². The molecule has 6 nitrogen and oxygen atoms in total. The van der Waals surface area contributed by atoms with Crippen LogP contribution in [0.5, 0.6) is 5.75 Å². The lowest BCUT2D eigenvalue weighted by Gasteiger charge is -2.31. The standard InChI is InChI=1S/C30H34ClN3O3.ClH/c1-21-19-24(27(20-28(21)35)34-17-5-2-6-18-34)7-3-4-16-32-29(36)22-10-14-26(15-11-22)33-30(37)23-8-12-25(31)13-9-23;/h8-15,19-20,35H,2-7,16-18H2,1H3,(H,32,36)(H,33,37);1H. The van der Waals surface area contributed by atoms with Gasteiger partial charge in [0.2, 0.25) is 0 Å². The average Bonchev–Trinajstić information content (AvgIpc) is 2.91. The van der Waals surface area contributed by atoms with Gasteiger partial charge in [-0.25, -0.2) is 0 Å². The molecule has 1 heterocycles. The van der Waals surface area contributed by atoms with Crippen molar-refractivity contribution in [2.24, 2.45) is 0 Å². The Hall–Kier alpha value is -3.22. The number of unbranched alkanes of at least 4 members (excludes halogenated alkanes) is 1. The summed E-state index contributed by atoms with van der Waals surface area (Å²) in [4.78, 5) is 27.3. The highest BCUT2D eigenvalue weighted by Crippen LogP contribution is 2.31. The van der Waals surface area contributed by atoms with Crippen molar-refractivity contribution in [3.05, 3.63) is 87.9 Å². The van der Waals surface area contributed by atoms with Crippen molar-refractivity contribution in [2.75, 3.05) is 29.9 Å². The van der Waals surface area contributed by atoms with Crippen molar-refractivity contribution in [2.45, 2.75) is 45.4 Å². The molecule has 0 radical (unpaired) electrons. The highest BCUT2D eigenvalue weighted by molar-refractivity contribution is 6.30. The van der Waals surface area contributed by atoms with Crippen LogP contribution in [0.15, 0.2) is 60.7 Å². The van der Waals surface area contributed by atoms with E-state index in [0.717, 1.165) is 43.6 Å². The van der Waals surface area contributed by atoms with E-state index in [2.05, 4.69) is 21.6 Å². The minimum atomic E-state index is -0.235. The Balaban J connectivity index is 0.00000400. The van der Waals surface area contributed by atoms with E-state index < -0.39 is 0 Å². The molecule has 1 aliphatic heterocycles. The third-order valence-corrected chi connectivity index (χ3v) is 7.02. The number of phenolic OH excluding ortho intramolecular Hbond substituents is 1. The zero-order valence-corrected chi connectivity index (χ0v) is 23.2. The molecule has 3 aromatic rings. The minimum absolute atomic E-state index is 0. The molecule has 8 heteroatoms. The normalized spacial score (nSPS) is 12.9. The van der Waals surface area contributed by atoms with E-state index in [0.29, 0.717) is 34.1 Å². The van der Waals surface area contributed by atoms with Crippen LogP contribution in [0.4, 0.5) is 11.4 Å². The lowest BCUT2D eigenvalue weighted by molar-refractivity contribution is 0.0952. The Morgan fingerprint density at radius 1 is 0.895 bits per heavy atom. The van der Waals surface area contributed by atoms with Crippen LogP contribution in [0, 0.1) is 6.92 Å². The van der Waals surface area contributed by atoms with Gasteiger partial charge in [-0.3, -0.25) is 9.59 Å². The molecule has 1 saturated heterocycles. The fourth-order valence-corrected chi connectivity index (χ4v) is 4.75. The van der Waals surface area contributed by atoms with Gasteiger partial charge in [0.1, 0.15) is 5.75 Å². The molecule has 0 aliphatic carbocycles. The molecule has 0 bridgehead atoms. The van der Waals surface area contributed by atoms with E-state index in [4.69, 9.17) is 11.6 Å². The monoisotopic (exact) mass is 555 g/mol. The van der Waals surface area contributed by atoms with Crippen LogP contribution in [-0.2, 0) is 6.42 Å². The molecule has 0 unspecified atom stereocenters. The molecule has 1 aliphatic rings. The smallest absolute Gasteiger partial charge is 0.255 e. The zero-order chi connectivity index (χ0) is 26.2. The second-order valence-electron chi connectivity index (χ2n) is 9.57. The number of hydrogen-bond donors (Lipinski definition) is 3. The minimum Gasteiger partial charge on any atom is -0.508 e. The number of rotatable bonds is 9. The summed E-state index contributed by atoms with van der Waals surface area (Å²) in [5.41, 5.74) is 4.99. The summed E-state index contributed by atoms with van der Waals surface area (Å²) in [6.07, 6.45) is 6.36. The largest absolute Gasteiger partial charge is 0.508 e. The molecule has 2 amide bonds. The predicted octanol–water partition coefficient (Wildman–Crippen LogP) is 6.77. The van der Waals surface area contributed by atoms with Crippen LogP contribution in [-0.4, -0.2) is 36.6 Å². The van der Waals surface area contributed by atoms with Crippen LogP contribution in [0.3, 0.4) is 0 Å². The lowest BCUT2D eigenvalue weighted by Crippen LogP contribution is -2.30. The van der Waals surface area contributed by atoms with Crippen LogP contribution < -0.4 is 15.5 Å². The topological polar surface area (TPSA) is 81.7 Å². The second-order valence-corrected chi connectivity index (χ2v) is 10.0. The Kier molecular flexibility index (Phi) is 10.9. The molecular formula is C30H35Cl2N3O3. The number of amides is 2. The van der Waals surface area contributed by atoms with E-state index in [-0.39, 0.29) is 24.2 Å². The number of anilines is 2. The van der Waals surface area contributed by atoms with Gasteiger partial charge in [-0.05, 0) is 105 Å². The fraction of sp³-hybridized carbons (Fsp3) is 0.333. The molecule has 0 saturated carbocycles. The zero-order valence-electron chi connectivity index (χ0n) is 21.6. The van der Waals surface area contributed by atoms with Gasteiger partial charge in [0.05, 0.1) is 0 Å². The molecule has 3 aromatic carbocycles. The van der Waals surface area contributed by atoms with E-state index >= 15 is 0 Å². The van der Waals surface area contributed by atoms with Gasteiger partial charge in [0.15, 0.2) is 0 Å². The van der Waals surface area contributed by atoms with Gasteiger partial charge >= 0.3 is 0 Å². The number of aromatic hydroxyl groups is 1. The SMILES string of the molecule is Cc1cc(CCCCNC(=O)c2ccc(NC(=O)c3ccc(Cl)cc3)cc2)c(N2CCCCC2)cc1O.Cl. The summed E-state index contributed by atoms with van der Waals surface area (Å²) in [6.45, 7) is 4.60. The number of phenols is 1. The lowest BCUT2D eigenvalue weighted by atomic mass is 10.00. The summed E-state index contributed by atoms with van der Waals surface area (Å²) in [7, 11) is 0. The Bertz CT molecular complexity index is 1220. The molecule has 0 aromatic heterocycles. The first-order chi connectivity index (χ1) is 17.9. The van der Waals surface area contributed by atoms with Gasteiger partial charge in [0, 0.05) is 53.2 Å². The predicted molar refractivity (Wildman–Crippen MR) is 157 cm³/mol. The number of halogens is 2. The maximum absolute atomic E-state index is 12.6. The number of hydrogen-bond acceptors (Lipinski definition) is 4. The van der Waals surface area contributed by atoms with Crippen LogP contribution in [0.1, 0.15) is 63.9 Å². The van der Waals surface area contributed by atoms with Gasteiger partial charge in [-0.15, -0.1) is 12.4 Å². The van der Waals surface area contributed by atoms with Crippen molar-refractivity contribution in [3.63, 3.8) is 0 Å². The Morgan fingerprint density at radius 2 is 1.53 bits per heavy atom. The van der Waals surface area contributed by atoms with Crippen molar-refractivity contribution in [1.29, 1.82) is 0 Å². The summed E-state index contributed by atoms with van der Waals surface area (Å²) in [5.74, 6) is -0.0154. The van der Waals surface area contributed by atoms with E-state index in [1.54, 1.807) is 48.5 Å². The molecule has 0 spiro atoms. The second kappa shape index (κ2) is 14.1. The van der Waals surface area contributed by atoms with Crippen molar-refractivity contribution in [3.8, 4) is 5.75 Å². The molecule has 4 rings (SSSR count). The first-order valence-electron chi connectivity index (χ1n) is 12.9. The van der Waals surface area contributed by atoms with Crippen LogP contribution in [0.2, 0.25) is 5.02 Å². The van der Waals surface area contributed by atoms with E-state index in [9.17, 15) is 14.7 Å². The Morgan fingerprint density at radius 3 is 2.21 bits per heavy atom. The number of nitrogens with zero attached hydrogens (tertiary/aromatic N) is 1. The first-order valence-corrected chi connectivity index (χ1v) is 13.3. The number of nitrogens with one attached hydrogen (secondary N) is 2. The maximum Gasteiger partial charge on any atom is 0.255 e. The van der Waals surface area contributed by atoms with Crippen molar-refractivity contribution < 1.29 is 14.7 Å². The van der Waals surface area contributed by atoms with E-state index in [1.165, 1.54) is 24.8 Å². The van der Waals surface area contributed by atoms with Crippen molar-refractivity contribution in [1.82, 2.24) is 5.32 Å². The molecule has 202 valence electrons. The first kappa shape index (κ1) is 29.3. The summed E-state index contributed by atoms with van der Waals surface area (Å²) >= 11 is 5.87. The Labute approximate surface area is 235 Å². The summed E-state index contributed by atoms with van der Waals surface area (Å²) in [5, 5.41) is 16.6. The quantitative estimate of drug-likeness (QED) is 0.254. The highest BCUT2D eigenvalue weighted by Gasteiger charge is 2.16. The molecule has 1 fully saturated rings. The third-order valence-electron chi connectivity index (χ3n) is 6.76. The molecule has 0 atom stereocenters. The average molecular weight is 557 g/mol.